The van der Waals surface area contributed by atoms with Gasteiger partial charge in [-0.15, -0.1) is 0 Å². The number of halogens is 1. The zero-order valence-electron chi connectivity index (χ0n) is 6.97. The fourth-order valence-corrected chi connectivity index (χ4v) is 1.46. The summed E-state index contributed by atoms with van der Waals surface area (Å²) in [4.78, 5) is 3.77. The molecule has 2 heterocycles. The summed E-state index contributed by atoms with van der Waals surface area (Å²) in [5, 5.41) is 3.26. The molecule has 1 saturated heterocycles. The van der Waals surface area contributed by atoms with Gasteiger partial charge in [0.2, 0.25) is 5.95 Å². The second-order valence-corrected chi connectivity index (χ2v) is 3.10. The summed E-state index contributed by atoms with van der Waals surface area (Å²) in [6, 6.07) is 3.63. The molecular weight excluding hydrogens is 155 g/mol. The summed E-state index contributed by atoms with van der Waals surface area (Å²) in [5.41, 5.74) is 1.93. The highest BCUT2D eigenvalue weighted by Gasteiger charge is 2.20. The van der Waals surface area contributed by atoms with Crippen molar-refractivity contribution in [1.29, 1.82) is 0 Å². The van der Waals surface area contributed by atoms with Gasteiger partial charge in [0.15, 0.2) is 0 Å². The largest absolute Gasteiger partial charge is 0.310 e. The third-order valence-corrected chi connectivity index (χ3v) is 2.29. The van der Waals surface area contributed by atoms with E-state index >= 15 is 0 Å². The zero-order chi connectivity index (χ0) is 8.55. The summed E-state index contributed by atoms with van der Waals surface area (Å²) in [6.07, 6.45) is 1.13. The molecule has 1 aliphatic rings. The first-order valence-electron chi connectivity index (χ1n) is 4.14. The van der Waals surface area contributed by atoms with Gasteiger partial charge in [-0.3, -0.25) is 0 Å². The molecule has 1 unspecified atom stereocenters. The van der Waals surface area contributed by atoms with Crippen molar-refractivity contribution in [2.24, 2.45) is 0 Å². The van der Waals surface area contributed by atoms with Gasteiger partial charge in [-0.05, 0) is 31.5 Å². The van der Waals surface area contributed by atoms with Crippen LogP contribution in [0.1, 0.15) is 23.7 Å². The van der Waals surface area contributed by atoms with Crippen molar-refractivity contribution in [3.05, 3.63) is 29.3 Å². The van der Waals surface area contributed by atoms with E-state index in [4.69, 9.17) is 0 Å². The molecule has 12 heavy (non-hydrogen) atoms. The topological polar surface area (TPSA) is 24.9 Å². The molecule has 64 valence electrons. The third kappa shape index (κ3) is 1.20. The lowest BCUT2D eigenvalue weighted by Crippen LogP contribution is -2.35. The average Bonchev–Trinajstić information content (AvgIpc) is 1.91. The number of nitrogens with zero attached hydrogens (tertiary/aromatic N) is 1. The molecule has 1 aliphatic heterocycles. The number of rotatable bonds is 1. The lowest BCUT2D eigenvalue weighted by atomic mass is 9.97. The number of aromatic nitrogens is 1. The van der Waals surface area contributed by atoms with Crippen LogP contribution in [-0.4, -0.2) is 11.5 Å². The van der Waals surface area contributed by atoms with E-state index in [0.717, 1.165) is 24.2 Å². The van der Waals surface area contributed by atoms with Crippen molar-refractivity contribution >= 4 is 0 Å². The zero-order valence-corrected chi connectivity index (χ0v) is 6.97. The van der Waals surface area contributed by atoms with Crippen LogP contribution >= 0.6 is 0 Å². The number of aryl methyl sites for hydroxylation is 1. The van der Waals surface area contributed by atoms with Gasteiger partial charge in [0.05, 0.1) is 0 Å². The Kier molecular flexibility index (Phi) is 1.81. The highest BCUT2D eigenvalue weighted by atomic mass is 19.1. The number of hydrogen-bond donors (Lipinski definition) is 1. The molecule has 1 aromatic heterocycles. The number of hydrogen-bond acceptors (Lipinski definition) is 2. The second-order valence-electron chi connectivity index (χ2n) is 3.10. The Morgan fingerprint density at radius 2 is 2.33 bits per heavy atom. The maximum absolute atomic E-state index is 12.6. The molecule has 0 amide bonds. The Bertz CT molecular complexity index is 295. The minimum Gasteiger partial charge on any atom is -0.310 e. The van der Waals surface area contributed by atoms with Gasteiger partial charge in [-0.2, -0.15) is 4.39 Å². The molecule has 2 rings (SSSR count). The number of pyridine rings is 1. The fourth-order valence-electron chi connectivity index (χ4n) is 1.46. The quantitative estimate of drug-likeness (QED) is 0.640. The van der Waals surface area contributed by atoms with Crippen molar-refractivity contribution < 1.29 is 4.39 Å². The highest BCUT2D eigenvalue weighted by molar-refractivity contribution is 5.24. The van der Waals surface area contributed by atoms with Crippen LogP contribution < -0.4 is 5.32 Å². The van der Waals surface area contributed by atoms with E-state index in [2.05, 4.69) is 10.3 Å². The highest BCUT2D eigenvalue weighted by Crippen LogP contribution is 2.24. The second kappa shape index (κ2) is 2.83. The van der Waals surface area contributed by atoms with Gasteiger partial charge in [0, 0.05) is 11.7 Å². The van der Waals surface area contributed by atoms with Crippen molar-refractivity contribution in [1.82, 2.24) is 10.3 Å². The Labute approximate surface area is 70.8 Å². The van der Waals surface area contributed by atoms with Crippen LogP contribution in [0.25, 0.3) is 0 Å². The van der Waals surface area contributed by atoms with Crippen LogP contribution in [0.2, 0.25) is 0 Å². The molecule has 1 N–H and O–H groups in total. The molecule has 1 atom stereocenters. The molecule has 1 aromatic rings. The number of nitrogens with one attached hydrogen (secondary N) is 1. The summed E-state index contributed by atoms with van der Waals surface area (Å²) < 4.78 is 12.6. The summed E-state index contributed by atoms with van der Waals surface area (Å²) in [5.74, 6) is -0.393. The van der Waals surface area contributed by atoms with Crippen molar-refractivity contribution in [3.63, 3.8) is 0 Å². The van der Waals surface area contributed by atoms with Crippen LogP contribution in [0.3, 0.4) is 0 Å². The predicted octanol–water partition coefficient (Wildman–Crippen LogP) is 1.56. The van der Waals surface area contributed by atoms with Crippen molar-refractivity contribution in [2.45, 2.75) is 19.4 Å². The van der Waals surface area contributed by atoms with E-state index in [0.29, 0.717) is 6.04 Å². The average molecular weight is 166 g/mol. The summed E-state index contributed by atoms with van der Waals surface area (Å²) in [6.45, 7) is 2.90. The molecular formula is C9H11FN2. The third-order valence-electron chi connectivity index (χ3n) is 2.29. The fraction of sp³-hybridized carbons (Fsp3) is 0.444. The van der Waals surface area contributed by atoms with E-state index in [1.54, 1.807) is 0 Å². The molecule has 0 aromatic carbocycles. The molecule has 0 aliphatic carbocycles. The minimum atomic E-state index is -0.393. The van der Waals surface area contributed by atoms with Gasteiger partial charge in [-0.25, -0.2) is 4.98 Å². The Morgan fingerprint density at radius 1 is 1.58 bits per heavy atom. The lowest BCUT2D eigenvalue weighted by molar-refractivity contribution is 0.379. The lowest BCUT2D eigenvalue weighted by Gasteiger charge is -2.28. The first-order chi connectivity index (χ1) is 5.77. The first kappa shape index (κ1) is 7.68. The Hall–Kier alpha value is -0.960. The van der Waals surface area contributed by atoms with E-state index in [9.17, 15) is 4.39 Å². The van der Waals surface area contributed by atoms with E-state index in [-0.39, 0.29) is 0 Å². The summed E-state index contributed by atoms with van der Waals surface area (Å²) in [7, 11) is 0. The maximum atomic E-state index is 12.6. The van der Waals surface area contributed by atoms with Crippen molar-refractivity contribution in [2.75, 3.05) is 6.54 Å². The first-order valence-corrected chi connectivity index (χ1v) is 4.14. The molecule has 0 bridgehead atoms. The molecule has 0 spiro atoms. The van der Waals surface area contributed by atoms with Gasteiger partial charge < -0.3 is 5.32 Å². The van der Waals surface area contributed by atoms with Gasteiger partial charge in [0.1, 0.15) is 0 Å². The van der Waals surface area contributed by atoms with E-state index < -0.39 is 5.95 Å². The summed E-state index contributed by atoms with van der Waals surface area (Å²) >= 11 is 0. The molecule has 0 radical (unpaired) electrons. The standard InChI is InChI=1S/C9H11FN2/c1-6-7(8-4-5-11-8)2-3-9(10)12-6/h2-3,8,11H,4-5H2,1H3. The normalized spacial score (nSPS) is 22.0. The minimum absolute atomic E-state index is 0.393. The van der Waals surface area contributed by atoms with Gasteiger partial charge in [-0.1, -0.05) is 6.07 Å². The van der Waals surface area contributed by atoms with Gasteiger partial charge >= 0.3 is 0 Å². The monoisotopic (exact) mass is 166 g/mol. The molecule has 2 nitrogen and oxygen atoms in total. The predicted molar refractivity (Wildman–Crippen MR) is 44.3 cm³/mol. The SMILES string of the molecule is Cc1nc(F)ccc1C1CCN1. The van der Waals surface area contributed by atoms with Crippen LogP contribution in [0.4, 0.5) is 4.39 Å². The maximum Gasteiger partial charge on any atom is 0.213 e. The van der Waals surface area contributed by atoms with Gasteiger partial charge in [0.25, 0.3) is 0 Å². The molecule has 0 saturated carbocycles. The Balaban J connectivity index is 2.31. The van der Waals surface area contributed by atoms with Crippen LogP contribution in [-0.2, 0) is 0 Å². The molecule has 1 fully saturated rings. The van der Waals surface area contributed by atoms with Crippen LogP contribution in [0.5, 0.6) is 0 Å². The molecule has 3 heteroatoms. The van der Waals surface area contributed by atoms with Crippen molar-refractivity contribution in [3.8, 4) is 0 Å². The smallest absolute Gasteiger partial charge is 0.213 e. The Morgan fingerprint density at radius 3 is 2.83 bits per heavy atom. The van der Waals surface area contributed by atoms with E-state index in [1.165, 1.54) is 6.07 Å². The van der Waals surface area contributed by atoms with E-state index in [1.807, 2.05) is 13.0 Å². The van der Waals surface area contributed by atoms with Crippen LogP contribution in [0.15, 0.2) is 12.1 Å². The van der Waals surface area contributed by atoms with Crippen LogP contribution in [0, 0.1) is 12.9 Å².